The standard InChI is InChI=1S/C16H26N2O2S/c1-13-4-3-5-16(10-13)18-21(19,20)12-15-8-6-14(7-9-15)11-17-2/h6-9,13,16-18H,3-5,10-12H2,1-2H3. The van der Waals surface area contributed by atoms with E-state index in [1.807, 2.05) is 31.3 Å². The largest absolute Gasteiger partial charge is 0.316 e. The van der Waals surface area contributed by atoms with E-state index in [4.69, 9.17) is 0 Å². The van der Waals surface area contributed by atoms with Crippen LogP contribution in [0.1, 0.15) is 43.7 Å². The molecular weight excluding hydrogens is 284 g/mol. The second-order valence-electron chi connectivity index (χ2n) is 6.19. The Morgan fingerprint density at radius 2 is 1.81 bits per heavy atom. The van der Waals surface area contributed by atoms with Crippen LogP contribution in [0.2, 0.25) is 0 Å². The van der Waals surface area contributed by atoms with E-state index in [0.29, 0.717) is 5.92 Å². The van der Waals surface area contributed by atoms with Crippen molar-refractivity contribution in [2.45, 2.75) is 50.9 Å². The van der Waals surface area contributed by atoms with Crippen molar-refractivity contribution >= 4 is 10.0 Å². The molecule has 2 N–H and O–H groups in total. The molecule has 2 rings (SSSR count). The Balaban J connectivity index is 1.93. The van der Waals surface area contributed by atoms with Crippen LogP contribution in [-0.2, 0) is 22.3 Å². The summed E-state index contributed by atoms with van der Waals surface area (Å²) in [5, 5.41) is 3.08. The summed E-state index contributed by atoms with van der Waals surface area (Å²) in [5.41, 5.74) is 2.00. The molecule has 0 saturated heterocycles. The summed E-state index contributed by atoms with van der Waals surface area (Å²) >= 11 is 0. The van der Waals surface area contributed by atoms with Gasteiger partial charge in [0.2, 0.25) is 10.0 Å². The Hall–Kier alpha value is -0.910. The average molecular weight is 310 g/mol. The normalized spacial score (nSPS) is 23.1. The molecule has 0 bridgehead atoms. The molecule has 0 heterocycles. The molecule has 0 amide bonds. The highest BCUT2D eigenvalue weighted by Crippen LogP contribution is 2.24. The third-order valence-electron chi connectivity index (χ3n) is 4.04. The molecule has 1 aliphatic carbocycles. The minimum absolute atomic E-state index is 0.0672. The molecule has 4 nitrogen and oxygen atoms in total. The molecule has 118 valence electrons. The van der Waals surface area contributed by atoms with Crippen molar-refractivity contribution in [1.29, 1.82) is 0 Å². The van der Waals surface area contributed by atoms with E-state index < -0.39 is 10.0 Å². The monoisotopic (exact) mass is 310 g/mol. The van der Waals surface area contributed by atoms with Gasteiger partial charge in [0.1, 0.15) is 0 Å². The number of hydrogen-bond acceptors (Lipinski definition) is 3. The molecule has 5 heteroatoms. The Morgan fingerprint density at radius 3 is 2.43 bits per heavy atom. The average Bonchev–Trinajstić information content (AvgIpc) is 2.40. The van der Waals surface area contributed by atoms with Crippen LogP contribution in [0, 0.1) is 5.92 Å². The lowest BCUT2D eigenvalue weighted by Crippen LogP contribution is -2.38. The predicted octanol–water partition coefficient (Wildman–Crippen LogP) is 2.40. The fourth-order valence-corrected chi connectivity index (χ4v) is 4.45. The summed E-state index contributed by atoms with van der Waals surface area (Å²) < 4.78 is 27.4. The van der Waals surface area contributed by atoms with Gasteiger partial charge in [0.25, 0.3) is 0 Å². The molecule has 2 unspecified atom stereocenters. The van der Waals surface area contributed by atoms with Crippen LogP contribution in [0.5, 0.6) is 0 Å². The highest BCUT2D eigenvalue weighted by Gasteiger charge is 2.23. The summed E-state index contributed by atoms with van der Waals surface area (Å²) in [5.74, 6) is 0.685. The SMILES string of the molecule is CNCc1ccc(CS(=O)(=O)NC2CCCC(C)C2)cc1. The zero-order valence-electron chi connectivity index (χ0n) is 12.9. The maximum Gasteiger partial charge on any atom is 0.216 e. The first-order valence-corrected chi connectivity index (χ1v) is 9.36. The van der Waals surface area contributed by atoms with E-state index in [1.165, 1.54) is 6.42 Å². The minimum Gasteiger partial charge on any atom is -0.316 e. The number of hydrogen-bond donors (Lipinski definition) is 2. The fraction of sp³-hybridized carbons (Fsp3) is 0.625. The summed E-state index contributed by atoms with van der Waals surface area (Å²) in [4.78, 5) is 0. The smallest absolute Gasteiger partial charge is 0.216 e. The molecule has 1 fully saturated rings. The van der Waals surface area contributed by atoms with Crippen molar-refractivity contribution in [3.63, 3.8) is 0 Å². The molecular formula is C16H26N2O2S. The van der Waals surface area contributed by atoms with Crippen LogP contribution in [0.4, 0.5) is 0 Å². The predicted molar refractivity (Wildman–Crippen MR) is 86.4 cm³/mol. The van der Waals surface area contributed by atoms with Gasteiger partial charge in [0.15, 0.2) is 0 Å². The van der Waals surface area contributed by atoms with Crippen LogP contribution in [0.3, 0.4) is 0 Å². The van der Waals surface area contributed by atoms with Crippen LogP contribution >= 0.6 is 0 Å². The molecule has 2 atom stereocenters. The summed E-state index contributed by atoms with van der Waals surface area (Å²) in [6, 6.07) is 7.86. The van der Waals surface area contributed by atoms with Crippen molar-refractivity contribution in [2.75, 3.05) is 7.05 Å². The maximum absolute atomic E-state index is 12.3. The Morgan fingerprint density at radius 1 is 1.14 bits per heavy atom. The molecule has 1 aromatic rings. The van der Waals surface area contributed by atoms with Gasteiger partial charge in [-0.25, -0.2) is 13.1 Å². The molecule has 0 aromatic heterocycles. The summed E-state index contributed by atoms with van der Waals surface area (Å²) in [6.45, 7) is 2.99. The lowest BCUT2D eigenvalue weighted by atomic mass is 9.88. The van der Waals surface area contributed by atoms with Crippen LogP contribution in [0.25, 0.3) is 0 Å². The number of rotatable bonds is 6. The maximum atomic E-state index is 12.3. The van der Waals surface area contributed by atoms with Crippen LogP contribution in [0.15, 0.2) is 24.3 Å². The molecule has 0 aliphatic heterocycles. The highest BCUT2D eigenvalue weighted by atomic mass is 32.2. The van der Waals surface area contributed by atoms with E-state index in [-0.39, 0.29) is 11.8 Å². The highest BCUT2D eigenvalue weighted by molar-refractivity contribution is 7.88. The first-order chi connectivity index (χ1) is 9.98. The lowest BCUT2D eigenvalue weighted by Gasteiger charge is -2.27. The van der Waals surface area contributed by atoms with Gasteiger partial charge < -0.3 is 5.32 Å². The van der Waals surface area contributed by atoms with Gasteiger partial charge in [0.05, 0.1) is 5.75 Å². The third kappa shape index (κ3) is 5.41. The summed E-state index contributed by atoms with van der Waals surface area (Å²) in [7, 11) is -1.35. The quantitative estimate of drug-likeness (QED) is 0.848. The Labute approximate surface area is 128 Å². The first-order valence-electron chi connectivity index (χ1n) is 7.71. The molecule has 0 spiro atoms. The van der Waals surface area contributed by atoms with Gasteiger partial charge >= 0.3 is 0 Å². The minimum atomic E-state index is -3.25. The molecule has 0 radical (unpaired) electrons. The first kappa shape index (κ1) is 16.5. The van der Waals surface area contributed by atoms with Crippen molar-refractivity contribution in [2.24, 2.45) is 5.92 Å². The van der Waals surface area contributed by atoms with Gasteiger partial charge in [-0.1, -0.05) is 44.0 Å². The van der Waals surface area contributed by atoms with Gasteiger partial charge in [-0.15, -0.1) is 0 Å². The van der Waals surface area contributed by atoms with Gasteiger partial charge in [-0.05, 0) is 36.9 Å². The molecule has 1 aliphatic rings. The van der Waals surface area contributed by atoms with Crippen LogP contribution < -0.4 is 10.0 Å². The fourth-order valence-electron chi connectivity index (χ4n) is 3.01. The zero-order chi connectivity index (χ0) is 15.3. The lowest BCUT2D eigenvalue weighted by molar-refractivity contribution is 0.327. The number of benzene rings is 1. The van der Waals surface area contributed by atoms with Crippen molar-refractivity contribution in [3.05, 3.63) is 35.4 Å². The second-order valence-corrected chi connectivity index (χ2v) is 7.95. The van der Waals surface area contributed by atoms with Gasteiger partial charge in [-0.2, -0.15) is 0 Å². The van der Waals surface area contributed by atoms with Gasteiger partial charge in [-0.3, -0.25) is 0 Å². The number of nitrogens with one attached hydrogen (secondary N) is 2. The third-order valence-corrected chi connectivity index (χ3v) is 5.45. The van der Waals surface area contributed by atoms with Crippen molar-refractivity contribution in [1.82, 2.24) is 10.0 Å². The molecule has 1 aromatic carbocycles. The van der Waals surface area contributed by atoms with Crippen molar-refractivity contribution in [3.8, 4) is 0 Å². The zero-order valence-corrected chi connectivity index (χ0v) is 13.7. The number of sulfonamides is 1. The summed E-state index contributed by atoms with van der Waals surface area (Å²) in [6.07, 6.45) is 4.25. The van der Waals surface area contributed by atoms with Crippen LogP contribution in [-0.4, -0.2) is 21.5 Å². The Bertz CT molecular complexity index is 540. The van der Waals surface area contributed by atoms with E-state index in [0.717, 1.165) is 36.9 Å². The van der Waals surface area contributed by atoms with E-state index in [1.54, 1.807) is 0 Å². The molecule has 21 heavy (non-hydrogen) atoms. The topological polar surface area (TPSA) is 58.2 Å². The van der Waals surface area contributed by atoms with E-state index >= 15 is 0 Å². The van der Waals surface area contributed by atoms with Gasteiger partial charge in [0, 0.05) is 12.6 Å². The van der Waals surface area contributed by atoms with E-state index in [2.05, 4.69) is 17.0 Å². The van der Waals surface area contributed by atoms with E-state index in [9.17, 15) is 8.42 Å². The second kappa shape index (κ2) is 7.38. The van der Waals surface area contributed by atoms with Crippen molar-refractivity contribution < 1.29 is 8.42 Å². The molecule has 1 saturated carbocycles. The Kier molecular flexibility index (Phi) is 5.79.